The summed E-state index contributed by atoms with van der Waals surface area (Å²) in [7, 11) is 0. The summed E-state index contributed by atoms with van der Waals surface area (Å²) in [5.74, 6) is 7.62. The molecule has 0 amide bonds. The van der Waals surface area contributed by atoms with Crippen molar-refractivity contribution in [3.8, 4) is 12.3 Å². The molecule has 0 spiro atoms. The summed E-state index contributed by atoms with van der Waals surface area (Å²) in [6, 6.07) is 45.4. The minimum Gasteiger partial charge on any atom is -0.324 e. The van der Waals surface area contributed by atoms with E-state index in [2.05, 4.69) is 206 Å². The van der Waals surface area contributed by atoms with Gasteiger partial charge in [0.1, 0.15) is 0 Å². The van der Waals surface area contributed by atoms with Crippen molar-refractivity contribution in [1.82, 2.24) is 5.43 Å². The largest absolute Gasteiger partial charge is 0.324 e. The summed E-state index contributed by atoms with van der Waals surface area (Å²) < 4.78 is 0. The Kier molecular flexibility index (Phi) is 33.6. The first-order valence-corrected chi connectivity index (χ1v) is 25.8. The number of rotatable bonds is 16. The number of allylic oxidation sites excluding steroid dienone is 19. The number of fused-ring (bicyclic) bond motifs is 3. The predicted molar refractivity (Wildman–Crippen MR) is 353 cm³/mol. The van der Waals surface area contributed by atoms with Crippen molar-refractivity contribution >= 4 is 55.0 Å². The lowest BCUT2D eigenvalue weighted by molar-refractivity contribution is 0.598. The summed E-state index contributed by atoms with van der Waals surface area (Å²) in [6.07, 6.45) is 37.3. The second-order valence-corrected chi connectivity index (χ2v) is 17.5. The molecule has 0 saturated carbocycles. The van der Waals surface area contributed by atoms with Gasteiger partial charge in [-0.1, -0.05) is 248 Å². The smallest absolute Gasteiger partial charge is 0.0723 e. The van der Waals surface area contributed by atoms with Gasteiger partial charge in [0.05, 0.1) is 22.4 Å². The molecule has 0 bridgehead atoms. The van der Waals surface area contributed by atoms with Gasteiger partial charge in [0, 0.05) is 39.5 Å². The van der Waals surface area contributed by atoms with Gasteiger partial charge >= 0.3 is 0 Å². The number of nitrogens with one attached hydrogen (secondary N) is 2. The van der Waals surface area contributed by atoms with Crippen molar-refractivity contribution in [2.75, 3.05) is 10.4 Å². The average molecular weight is 1030 g/mol. The van der Waals surface area contributed by atoms with Crippen LogP contribution in [0.2, 0.25) is 0 Å². The zero-order chi connectivity index (χ0) is 58.1. The van der Waals surface area contributed by atoms with Crippen molar-refractivity contribution in [3.63, 3.8) is 0 Å². The Balaban J connectivity index is 0.000000545. The van der Waals surface area contributed by atoms with Crippen LogP contribution in [0.15, 0.2) is 305 Å². The summed E-state index contributed by atoms with van der Waals surface area (Å²) in [6.45, 7) is 43.9. The van der Waals surface area contributed by atoms with Gasteiger partial charge in [-0.3, -0.25) is 10.9 Å². The maximum absolute atomic E-state index is 5.37. The molecule has 7 rings (SSSR count). The minimum atomic E-state index is -0.123. The fourth-order valence-corrected chi connectivity index (χ4v) is 6.82. The molecule has 0 aromatic heterocycles. The van der Waals surface area contributed by atoms with E-state index >= 15 is 0 Å². The zero-order valence-electron chi connectivity index (χ0n) is 48.0. The molecular formula is C73H85N5. The lowest BCUT2D eigenvalue weighted by atomic mass is 9.84. The summed E-state index contributed by atoms with van der Waals surface area (Å²) >= 11 is 0. The van der Waals surface area contributed by atoms with E-state index in [9.17, 15) is 0 Å². The van der Waals surface area contributed by atoms with Crippen LogP contribution in [0.5, 0.6) is 0 Å². The van der Waals surface area contributed by atoms with Gasteiger partial charge in [0.25, 0.3) is 0 Å². The quantitative estimate of drug-likeness (QED) is 0.0297. The van der Waals surface area contributed by atoms with Crippen molar-refractivity contribution < 1.29 is 0 Å². The number of hydrogen-bond acceptors (Lipinski definition) is 5. The average Bonchev–Trinajstić information content (AvgIpc) is 4.24. The number of hydrazine groups is 2. The number of benzene rings is 6. The molecule has 0 aliphatic rings. The first-order valence-electron chi connectivity index (χ1n) is 25.8. The Morgan fingerprint density at radius 2 is 1.13 bits per heavy atom. The van der Waals surface area contributed by atoms with Gasteiger partial charge in [-0.2, -0.15) is 0 Å². The topological polar surface area (TPSA) is 65.7 Å². The van der Waals surface area contributed by atoms with E-state index in [1.54, 1.807) is 31.2 Å². The molecule has 7 aromatic rings. The molecule has 0 aliphatic carbocycles. The van der Waals surface area contributed by atoms with Crippen molar-refractivity contribution in [2.24, 2.45) is 16.3 Å². The van der Waals surface area contributed by atoms with Gasteiger partial charge in [0.2, 0.25) is 0 Å². The minimum absolute atomic E-state index is 0.123. The number of nitrogen functional groups attached to an aromatic ring is 1. The number of hydrogen-bond donors (Lipinski definition) is 3. The highest BCUT2D eigenvalue weighted by atomic mass is 15.5. The highest BCUT2D eigenvalue weighted by molar-refractivity contribution is 5.95. The van der Waals surface area contributed by atoms with E-state index < -0.39 is 0 Å². The molecule has 5 nitrogen and oxygen atoms in total. The summed E-state index contributed by atoms with van der Waals surface area (Å²) in [4.78, 5) is 4.71. The third-order valence-electron chi connectivity index (χ3n) is 11.1. The number of anilines is 2. The Morgan fingerprint density at radius 3 is 1.64 bits per heavy atom. The Labute approximate surface area is 470 Å². The second-order valence-electron chi connectivity index (χ2n) is 17.5. The third kappa shape index (κ3) is 24.4. The molecule has 78 heavy (non-hydrogen) atoms. The van der Waals surface area contributed by atoms with E-state index in [4.69, 9.17) is 10.8 Å². The van der Waals surface area contributed by atoms with Crippen LogP contribution in [0.4, 0.5) is 17.1 Å². The van der Waals surface area contributed by atoms with Crippen LogP contribution in [0.25, 0.3) is 37.9 Å². The Bertz CT molecular complexity index is 3250. The van der Waals surface area contributed by atoms with Crippen molar-refractivity contribution in [2.45, 2.75) is 62.3 Å². The highest BCUT2D eigenvalue weighted by Crippen LogP contribution is 2.30. The molecular weight excluding hydrogens is 947 g/mol. The van der Waals surface area contributed by atoms with Gasteiger partial charge < -0.3 is 10.9 Å². The van der Waals surface area contributed by atoms with E-state index in [1.807, 2.05) is 136 Å². The van der Waals surface area contributed by atoms with Crippen LogP contribution in [0, 0.1) is 17.8 Å². The fraction of sp³-hybridized carbons (Fsp3) is 0.137. The molecule has 4 N–H and O–H groups in total. The molecule has 0 aliphatic heterocycles. The molecule has 0 atom stereocenters. The monoisotopic (exact) mass is 1030 g/mol. The molecule has 0 saturated heterocycles. The lowest BCUT2D eigenvalue weighted by Gasteiger charge is -2.23. The van der Waals surface area contributed by atoms with E-state index in [1.165, 1.54) is 32.5 Å². The lowest BCUT2D eigenvalue weighted by Crippen LogP contribution is -2.29. The van der Waals surface area contributed by atoms with Crippen LogP contribution in [0.1, 0.15) is 67.9 Å². The molecule has 402 valence electrons. The van der Waals surface area contributed by atoms with Crippen LogP contribution in [0.3, 0.4) is 0 Å². The third-order valence-corrected chi connectivity index (χ3v) is 11.1. The van der Waals surface area contributed by atoms with Crippen molar-refractivity contribution in [1.29, 1.82) is 0 Å². The predicted octanol–water partition coefficient (Wildman–Crippen LogP) is 20.0. The van der Waals surface area contributed by atoms with Gasteiger partial charge in [-0.15, -0.1) is 18.9 Å². The van der Waals surface area contributed by atoms with E-state index in [0.717, 1.165) is 50.1 Å². The standard InChI is InChI=1S/C29H34N2.C18H15N.C10H10N2.2C5H8.C3H6.C3H4/c1-8-10-21-30-31(28-19-13-17-26-16-11-12-18-27(26)28)22-24(4)23(3)15-14-20-29(6,7)25(5)9-2;1-3-7-13(2)16-12-18(16)19-17-11-6-9-14-8-4-5-10-15(14)17;11-12-10-7-3-5-8-4-1-2-6-9(8)10;2*1-3-5-4-2;2*1-3-2/h8-22,30H,1-2,5H2,3-4,6-7H3;3-12H,2H2,1H3;1-7,12H,11H2;2*3-5H,1H2,2H3;3H,1H2,2H3;1H,2H3/b20-14+,21-10-,23-15+,24-22-;7-3-,19-18?;;2*5-4-;;. The second kappa shape index (κ2) is 39.2. The first-order chi connectivity index (χ1) is 37.7. The van der Waals surface area contributed by atoms with E-state index in [0.29, 0.717) is 0 Å². The molecule has 0 fully saturated rings. The summed E-state index contributed by atoms with van der Waals surface area (Å²) in [5.41, 5.74) is 14.5. The van der Waals surface area contributed by atoms with Gasteiger partial charge in [-0.05, 0) is 117 Å². The van der Waals surface area contributed by atoms with Crippen LogP contribution in [-0.4, -0.2) is 0 Å². The number of terminal acetylenes is 1. The maximum Gasteiger partial charge on any atom is 0.0723 e. The fourth-order valence-electron chi connectivity index (χ4n) is 6.82. The number of nitrogens with zero attached hydrogens (tertiary/aromatic N) is 2. The van der Waals surface area contributed by atoms with Crippen molar-refractivity contribution in [3.05, 3.63) is 311 Å². The number of nitrogens with two attached hydrogens (primary N) is 1. The molecule has 0 unspecified atom stereocenters. The maximum atomic E-state index is 5.37. The molecule has 0 radical (unpaired) electrons. The summed E-state index contributed by atoms with van der Waals surface area (Å²) in [5, 5.41) is 10.2. The van der Waals surface area contributed by atoms with Gasteiger partial charge in [0.15, 0.2) is 0 Å². The molecule has 5 heteroatoms. The van der Waals surface area contributed by atoms with Crippen LogP contribution < -0.4 is 27.1 Å². The van der Waals surface area contributed by atoms with Gasteiger partial charge in [-0.25, -0.2) is 4.99 Å². The first kappa shape index (κ1) is 66.8. The zero-order valence-corrected chi connectivity index (χ0v) is 48.0. The Hall–Kier alpha value is -9.21. The van der Waals surface area contributed by atoms with Crippen LogP contribution in [-0.2, 0) is 0 Å². The SMILES string of the molecule is C#CC.C=C(/C=C\C)c1cc1=Nc1cccc2ccccc12.C=C/C=C\C.C=C/C=C\C.C=C/C=C\NN(\C=C(C)/C(C)=C/C=C/C(C)(C)C(=C)C=C)c1cccc2ccccc12.C=CC.NNc1cccc2ccccc12. The normalized spacial score (nSPS) is 11.3. The van der Waals surface area contributed by atoms with E-state index in [-0.39, 0.29) is 5.41 Å². The molecule has 0 heterocycles. The molecule has 7 aromatic carbocycles. The Morgan fingerprint density at radius 1 is 0.641 bits per heavy atom. The highest BCUT2D eigenvalue weighted by Gasteiger charge is 2.15. The van der Waals surface area contributed by atoms with Crippen LogP contribution >= 0.6 is 0 Å².